The molecule has 2 N–H and O–H groups in total. The number of fused-ring (bicyclic) bond motifs is 1. The first kappa shape index (κ1) is 21.6. The van der Waals surface area contributed by atoms with Crippen LogP contribution in [0.1, 0.15) is 23.1 Å². The lowest BCUT2D eigenvalue weighted by atomic mass is 9.99. The number of halogens is 1. The zero-order valence-electron chi connectivity index (χ0n) is 17.8. The summed E-state index contributed by atoms with van der Waals surface area (Å²) in [5.41, 5.74) is 5.48. The maximum Gasteiger partial charge on any atom is 0.313 e. The van der Waals surface area contributed by atoms with Gasteiger partial charge < -0.3 is 15.5 Å². The molecule has 3 aromatic carbocycles. The molecule has 0 fully saturated rings. The molecule has 0 spiro atoms. The fourth-order valence-corrected chi connectivity index (χ4v) is 3.92. The Morgan fingerprint density at radius 1 is 0.906 bits per heavy atom. The Kier molecular flexibility index (Phi) is 6.80. The molecular weight excluding hydrogens is 405 g/mol. The van der Waals surface area contributed by atoms with Crippen molar-refractivity contribution in [1.82, 2.24) is 5.32 Å². The summed E-state index contributed by atoms with van der Waals surface area (Å²) < 4.78 is 13.2. The van der Waals surface area contributed by atoms with Gasteiger partial charge >= 0.3 is 11.8 Å². The predicted octanol–water partition coefficient (Wildman–Crippen LogP) is 4.08. The van der Waals surface area contributed by atoms with Crippen LogP contribution in [0.3, 0.4) is 0 Å². The number of rotatable bonds is 6. The van der Waals surface area contributed by atoms with Gasteiger partial charge in [0.1, 0.15) is 5.82 Å². The highest BCUT2D eigenvalue weighted by Crippen LogP contribution is 2.24. The molecule has 2 amide bonds. The van der Waals surface area contributed by atoms with Gasteiger partial charge in [-0.1, -0.05) is 42.5 Å². The largest absolute Gasteiger partial charge is 0.367 e. The van der Waals surface area contributed by atoms with E-state index in [0.717, 1.165) is 38.4 Å². The Bertz CT molecular complexity index is 1100. The third kappa shape index (κ3) is 5.52. The summed E-state index contributed by atoms with van der Waals surface area (Å²) in [5.74, 6) is -2.00. The van der Waals surface area contributed by atoms with E-state index in [-0.39, 0.29) is 5.69 Å². The van der Waals surface area contributed by atoms with Crippen molar-refractivity contribution < 1.29 is 14.0 Å². The summed E-state index contributed by atoms with van der Waals surface area (Å²) in [7, 11) is 0. The van der Waals surface area contributed by atoms with Crippen LogP contribution in [0.4, 0.5) is 15.8 Å². The van der Waals surface area contributed by atoms with Crippen molar-refractivity contribution in [3.63, 3.8) is 0 Å². The molecule has 164 valence electrons. The fourth-order valence-electron chi connectivity index (χ4n) is 3.92. The summed E-state index contributed by atoms with van der Waals surface area (Å²) in [5, 5.41) is 5.00. The molecule has 0 aromatic heterocycles. The minimum atomic E-state index is -0.803. The van der Waals surface area contributed by atoms with Crippen LogP contribution in [0, 0.1) is 5.82 Å². The fraction of sp³-hybridized carbons (Fsp3) is 0.231. The Morgan fingerprint density at radius 3 is 2.47 bits per heavy atom. The summed E-state index contributed by atoms with van der Waals surface area (Å²) in [4.78, 5) is 26.2. The Balaban J connectivity index is 1.20. The Hall–Kier alpha value is -3.67. The van der Waals surface area contributed by atoms with E-state index in [0.29, 0.717) is 6.54 Å². The number of anilines is 2. The van der Waals surface area contributed by atoms with Crippen LogP contribution in [0.25, 0.3) is 0 Å². The molecule has 0 bridgehead atoms. The summed E-state index contributed by atoms with van der Waals surface area (Å²) >= 11 is 0. The SMILES string of the molecule is O=C(NCCCc1ccc(N2CCc3ccccc3C2)cc1)C(=O)Nc1cccc(F)c1. The van der Waals surface area contributed by atoms with Crippen molar-refractivity contribution in [1.29, 1.82) is 0 Å². The molecule has 5 nitrogen and oxygen atoms in total. The van der Waals surface area contributed by atoms with Crippen molar-refractivity contribution in [2.45, 2.75) is 25.8 Å². The molecule has 6 heteroatoms. The molecule has 1 aliphatic rings. The van der Waals surface area contributed by atoms with Gasteiger partial charge in [0.15, 0.2) is 0 Å². The van der Waals surface area contributed by atoms with Crippen molar-refractivity contribution in [3.8, 4) is 0 Å². The first-order chi connectivity index (χ1) is 15.6. The second-order valence-electron chi connectivity index (χ2n) is 7.93. The number of carbonyl (C=O) groups is 2. The zero-order valence-corrected chi connectivity index (χ0v) is 17.8. The number of hydrogen-bond donors (Lipinski definition) is 2. The minimum Gasteiger partial charge on any atom is -0.367 e. The minimum absolute atomic E-state index is 0.252. The van der Waals surface area contributed by atoms with Crippen molar-refractivity contribution in [2.75, 3.05) is 23.3 Å². The highest BCUT2D eigenvalue weighted by molar-refractivity contribution is 6.39. The van der Waals surface area contributed by atoms with E-state index < -0.39 is 17.6 Å². The van der Waals surface area contributed by atoms with E-state index in [4.69, 9.17) is 0 Å². The van der Waals surface area contributed by atoms with Crippen LogP contribution < -0.4 is 15.5 Å². The van der Waals surface area contributed by atoms with Crippen LogP contribution in [-0.4, -0.2) is 24.9 Å². The summed E-state index contributed by atoms with van der Waals surface area (Å²) in [6, 6.07) is 22.6. The van der Waals surface area contributed by atoms with Crippen LogP contribution in [0.5, 0.6) is 0 Å². The first-order valence-corrected chi connectivity index (χ1v) is 10.8. The van der Waals surface area contributed by atoms with E-state index in [1.807, 2.05) is 0 Å². The molecule has 4 rings (SSSR count). The van der Waals surface area contributed by atoms with Gasteiger partial charge in [-0.05, 0) is 66.3 Å². The van der Waals surface area contributed by atoms with Gasteiger partial charge in [-0.15, -0.1) is 0 Å². The first-order valence-electron chi connectivity index (χ1n) is 10.8. The van der Waals surface area contributed by atoms with E-state index in [1.165, 1.54) is 40.6 Å². The number of hydrogen-bond acceptors (Lipinski definition) is 3. The van der Waals surface area contributed by atoms with Gasteiger partial charge in [0.2, 0.25) is 0 Å². The second-order valence-corrected chi connectivity index (χ2v) is 7.93. The molecule has 0 aliphatic carbocycles. The van der Waals surface area contributed by atoms with Gasteiger partial charge in [-0.3, -0.25) is 9.59 Å². The van der Waals surface area contributed by atoms with Crippen molar-refractivity contribution in [3.05, 3.63) is 95.3 Å². The quantitative estimate of drug-likeness (QED) is 0.457. The molecule has 1 heterocycles. The molecule has 0 radical (unpaired) electrons. The molecule has 0 unspecified atom stereocenters. The van der Waals surface area contributed by atoms with Gasteiger partial charge in [-0.2, -0.15) is 0 Å². The number of benzene rings is 3. The van der Waals surface area contributed by atoms with Gasteiger partial charge in [0.05, 0.1) is 0 Å². The third-order valence-corrected chi connectivity index (χ3v) is 5.65. The van der Waals surface area contributed by atoms with Crippen LogP contribution in [-0.2, 0) is 29.0 Å². The van der Waals surface area contributed by atoms with E-state index in [2.05, 4.69) is 64.1 Å². The lowest BCUT2D eigenvalue weighted by Gasteiger charge is -2.30. The van der Waals surface area contributed by atoms with Gasteiger partial charge in [0.25, 0.3) is 0 Å². The second kappa shape index (κ2) is 10.1. The van der Waals surface area contributed by atoms with E-state index in [1.54, 1.807) is 0 Å². The van der Waals surface area contributed by atoms with Crippen molar-refractivity contribution >= 4 is 23.2 Å². The number of nitrogens with zero attached hydrogens (tertiary/aromatic N) is 1. The van der Waals surface area contributed by atoms with Crippen LogP contribution in [0.15, 0.2) is 72.8 Å². The Labute approximate surface area is 187 Å². The maximum atomic E-state index is 13.2. The highest BCUT2D eigenvalue weighted by atomic mass is 19.1. The number of nitrogens with one attached hydrogen (secondary N) is 2. The van der Waals surface area contributed by atoms with Crippen LogP contribution >= 0.6 is 0 Å². The summed E-state index contributed by atoms with van der Waals surface area (Å²) in [6.45, 7) is 2.33. The molecule has 3 aromatic rings. The molecule has 1 aliphatic heterocycles. The average Bonchev–Trinajstić information content (AvgIpc) is 2.82. The van der Waals surface area contributed by atoms with Crippen molar-refractivity contribution in [2.24, 2.45) is 0 Å². The lowest BCUT2D eigenvalue weighted by Crippen LogP contribution is -2.36. The predicted molar refractivity (Wildman–Crippen MR) is 124 cm³/mol. The topological polar surface area (TPSA) is 61.4 Å². The van der Waals surface area contributed by atoms with E-state index >= 15 is 0 Å². The standard InChI is InChI=1S/C26H26FN3O2/c27-22-8-3-9-23(17-22)29-26(32)25(31)28-15-4-5-19-10-12-24(13-11-19)30-16-14-20-6-1-2-7-21(20)18-30/h1-3,6-13,17H,4-5,14-16,18H2,(H,28,31)(H,29,32). The third-order valence-electron chi connectivity index (χ3n) is 5.65. The lowest BCUT2D eigenvalue weighted by molar-refractivity contribution is -0.136. The molecule has 0 atom stereocenters. The smallest absolute Gasteiger partial charge is 0.313 e. The molecule has 32 heavy (non-hydrogen) atoms. The highest BCUT2D eigenvalue weighted by Gasteiger charge is 2.16. The molecular formula is C26H26FN3O2. The number of amides is 2. The molecule has 0 saturated carbocycles. The zero-order chi connectivity index (χ0) is 22.3. The average molecular weight is 432 g/mol. The normalized spacial score (nSPS) is 12.7. The molecule has 0 saturated heterocycles. The van der Waals surface area contributed by atoms with E-state index in [9.17, 15) is 14.0 Å². The van der Waals surface area contributed by atoms with Gasteiger partial charge in [0, 0.05) is 31.0 Å². The Morgan fingerprint density at radius 2 is 1.69 bits per heavy atom. The number of aryl methyl sites for hydroxylation is 1. The summed E-state index contributed by atoms with van der Waals surface area (Å²) in [6.07, 6.45) is 2.58. The van der Waals surface area contributed by atoms with Gasteiger partial charge in [-0.25, -0.2) is 4.39 Å². The van der Waals surface area contributed by atoms with Crippen LogP contribution in [0.2, 0.25) is 0 Å². The maximum absolute atomic E-state index is 13.2. The monoisotopic (exact) mass is 431 g/mol. The number of carbonyl (C=O) groups excluding carboxylic acids is 2.